The van der Waals surface area contributed by atoms with E-state index in [1.807, 2.05) is 0 Å². The van der Waals surface area contributed by atoms with E-state index >= 15 is 0 Å². The van der Waals surface area contributed by atoms with Crippen LogP contribution in [0.3, 0.4) is 0 Å². The molecule has 2 rings (SSSR count). The van der Waals surface area contributed by atoms with E-state index in [1.165, 1.54) is 25.3 Å². The monoisotopic (exact) mass is 294 g/mol. The number of likely N-dealkylation sites (tertiary alicyclic amines) is 1. The first kappa shape index (κ1) is 15.2. The number of rotatable bonds is 3. The Labute approximate surface area is 122 Å². The number of carbonyl (C=O) groups excluding carboxylic acids is 1. The number of methoxy groups -OCH3 is 1. The minimum Gasteiger partial charge on any atom is -0.496 e. The lowest BCUT2D eigenvalue weighted by Crippen LogP contribution is -2.45. The molecular formula is C14H18N2O5. The molecule has 7 nitrogen and oxygen atoms in total. The average Bonchev–Trinajstić information content (AvgIpc) is 2.45. The van der Waals surface area contributed by atoms with Gasteiger partial charge < -0.3 is 14.7 Å². The van der Waals surface area contributed by atoms with E-state index in [4.69, 9.17) is 4.74 Å². The van der Waals surface area contributed by atoms with Crippen molar-refractivity contribution in [2.24, 2.45) is 0 Å². The molecule has 0 unspecified atom stereocenters. The number of aliphatic hydroxyl groups is 1. The molecule has 0 radical (unpaired) electrons. The summed E-state index contributed by atoms with van der Waals surface area (Å²) in [5.41, 5.74) is -0.736. The second-order valence-electron chi connectivity index (χ2n) is 5.43. The number of ether oxygens (including phenoxy) is 1. The van der Waals surface area contributed by atoms with Gasteiger partial charge in [0.1, 0.15) is 5.75 Å². The molecule has 1 heterocycles. The first-order chi connectivity index (χ1) is 9.84. The molecule has 114 valence electrons. The largest absolute Gasteiger partial charge is 0.496 e. The van der Waals surface area contributed by atoms with Crippen molar-refractivity contribution >= 4 is 11.6 Å². The van der Waals surface area contributed by atoms with Crippen LogP contribution in [0.5, 0.6) is 5.75 Å². The fraction of sp³-hybridized carbons (Fsp3) is 0.500. The minimum atomic E-state index is -0.760. The van der Waals surface area contributed by atoms with Crippen molar-refractivity contribution in [1.82, 2.24) is 4.90 Å². The predicted octanol–water partition coefficient (Wildman–Crippen LogP) is 1.59. The van der Waals surface area contributed by atoms with Gasteiger partial charge in [0.15, 0.2) is 0 Å². The summed E-state index contributed by atoms with van der Waals surface area (Å²) < 4.78 is 5.11. The van der Waals surface area contributed by atoms with Gasteiger partial charge in [-0.1, -0.05) is 0 Å². The molecule has 0 aliphatic carbocycles. The molecule has 1 saturated heterocycles. The second-order valence-corrected chi connectivity index (χ2v) is 5.43. The third-order valence-corrected chi connectivity index (χ3v) is 3.75. The summed E-state index contributed by atoms with van der Waals surface area (Å²) in [7, 11) is 1.42. The van der Waals surface area contributed by atoms with Crippen molar-refractivity contribution in [3.05, 3.63) is 33.9 Å². The highest BCUT2D eigenvalue weighted by Gasteiger charge is 2.31. The van der Waals surface area contributed by atoms with Gasteiger partial charge in [0.2, 0.25) is 0 Å². The van der Waals surface area contributed by atoms with E-state index in [9.17, 15) is 20.0 Å². The van der Waals surface area contributed by atoms with Crippen molar-refractivity contribution < 1.29 is 19.6 Å². The van der Waals surface area contributed by atoms with Crippen LogP contribution in [0.25, 0.3) is 0 Å². The van der Waals surface area contributed by atoms with Gasteiger partial charge in [-0.15, -0.1) is 0 Å². The van der Waals surface area contributed by atoms with Crippen LogP contribution in [-0.2, 0) is 0 Å². The van der Waals surface area contributed by atoms with E-state index in [2.05, 4.69) is 0 Å². The molecule has 1 aromatic rings. The maximum atomic E-state index is 12.5. The Bertz CT molecular complexity index is 560. The Morgan fingerprint density at radius 2 is 2.05 bits per heavy atom. The Hall–Kier alpha value is -2.15. The number of piperidine rings is 1. The predicted molar refractivity (Wildman–Crippen MR) is 75.4 cm³/mol. The van der Waals surface area contributed by atoms with Crippen LogP contribution in [0, 0.1) is 10.1 Å². The van der Waals surface area contributed by atoms with Crippen LogP contribution >= 0.6 is 0 Å². The summed E-state index contributed by atoms with van der Waals surface area (Å²) in [5.74, 6) is -0.00557. The Morgan fingerprint density at radius 1 is 1.43 bits per heavy atom. The number of non-ortho nitro benzene ring substituents is 1. The van der Waals surface area contributed by atoms with Gasteiger partial charge in [-0.2, -0.15) is 0 Å². The van der Waals surface area contributed by atoms with Crippen LogP contribution < -0.4 is 4.74 Å². The van der Waals surface area contributed by atoms with E-state index in [0.717, 1.165) is 0 Å². The maximum Gasteiger partial charge on any atom is 0.270 e. The van der Waals surface area contributed by atoms with Crippen LogP contribution in [0.1, 0.15) is 30.1 Å². The minimum absolute atomic E-state index is 0.150. The van der Waals surface area contributed by atoms with E-state index < -0.39 is 10.5 Å². The molecule has 21 heavy (non-hydrogen) atoms. The molecule has 1 aliphatic rings. The summed E-state index contributed by atoms with van der Waals surface area (Å²) in [6, 6.07) is 3.95. The molecule has 0 aromatic heterocycles. The lowest BCUT2D eigenvalue weighted by atomic mass is 9.93. The molecule has 7 heteroatoms. The molecule has 1 aromatic carbocycles. The van der Waals surface area contributed by atoms with Crippen LogP contribution in [0.2, 0.25) is 0 Å². The van der Waals surface area contributed by atoms with Gasteiger partial charge in [0.25, 0.3) is 11.6 Å². The molecule has 0 bridgehead atoms. The molecule has 1 N–H and O–H groups in total. The second kappa shape index (κ2) is 5.69. The number of hydrogen-bond acceptors (Lipinski definition) is 5. The smallest absolute Gasteiger partial charge is 0.270 e. The molecule has 1 amide bonds. The first-order valence-electron chi connectivity index (χ1n) is 6.68. The van der Waals surface area contributed by atoms with Gasteiger partial charge in [0, 0.05) is 25.2 Å². The zero-order valence-corrected chi connectivity index (χ0v) is 12.0. The van der Waals surface area contributed by atoms with Gasteiger partial charge in [-0.05, 0) is 25.8 Å². The summed E-state index contributed by atoms with van der Waals surface area (Å²) in [6.45, 7) is 2.57. The highest BCUT2D eigenvalue weighted by molar-refractivity contribution is 5.97. The third kappa shape index (κ3) is 3.30. The normalized spacial score (nSPS) is 17.4. The molecular weight excluding hydrogens is 276 g/mol. The van der Waals surface area contributed by atoms with Gasteiger partial charge >= 0.3 is 0 Å². The number of benzene rings is 1. The van der Waals surface area contributed by atoms with Crippen LogP contribution in [0.4, 0.5) is 5.69 Å². The number of carbonyl (C=O) groups is 1. The molecule has 0 saturated carbocycles. The zero-order valence-electron chi connectivity index (χ0n) is 12.0. The lowest BCUT2D eigenvalue weighted by Gasteiger charge is -2.35. The fourth-order valence-corrected chi connectivity index (χ4v) is 2.34. The Balaban J connectivity index is 2.26. The third-order valence-electron chi connectivity index (χ3n) is 3.75. The van der Waals surface area contributed by atoms with Crippen LogP contribution in [0.15, 0.2) is 18.2 Å². The summed E-state index contributed by atoms with van der Waals surface area (Å²) >= 11 is 0. The van der Waals surface area contributed by atoms with E-state index in [1.54, 1.807) is 11.8 Å². The standard InChI is InChI=1S/C14H18N2O5/c1-14(18)5-7-15(8-6-14)13(17)11-9-10(16(19)20)3-4-12(11)21-2/h3-4,9,18H,5-8H2,1-2H3. The van der Waals surface area contributed by atoms with Crippen LogP contribution in [-0.4, -0.2) is 46.6 Å². The van der Waals surface area contributed by atoms with Crippen molar-refractivity contribution in [2.75, 3.05) is 20.2 Å². The Morgan fingerprint density at radius 3 is 2.57 bits per heavy atom. The number of amides is 1. The van der Waals surface area contributed by atoms with Crippen molar-refractivity contribution in [2.45, 2.75) is 25.4 Å². The van der Waals surface area contributed by atoms with Crippen molar-refractivity contribution in [3.8, 4) is 5.75 Å². The van der Waals surface area contributed by atoms with Gasteiger partial charge in [-0.3, -0.25) is 14.9 Å². The van der Waals surface area contributed by atoms with Crippen molar-refractivity contribution in [3.63, 3.8) is 0 Å². The maximum absolute atomic E-state index is 12.5. The SMILES string of the molecule is COc1ccc([N+](=O)[O-])cc1C(=O)N1CCC(C)(O)CC1. The summed E-state index contributed by atoms with van der Waals surface area (Å²) in [6.07, 6.45) is 0.964. The summed E-state index contributed by atoms with van der Waals surface area (Å²) in [5, 5.41) is 20.8. The number of nitrogens with zero attached hydrogens (tertiary/aromatic N) is 2. The highest BCUT2D eigenvalue weighted by Crippen LogP contribution is 2.28. The summed E-state index contributed by atoms with van der Waals surface area (Å²) in [4.78, 5) is 24.4. The first-order valence-corrected chi connectivity index (χ1v) is 6.68. The topological polar surface area (TPSA) is 92.9 Å². The number of nitro groups is 1. The lowest BCUT2D eigenvalue weighted by molar-refractivity contribution is -0.384. The fourth-order valence-electron chi connectivity index (χ4n) is 2.34. The Kier molecular flexibility index (Phi) is 4.13. The van der Waals surface area contributed by atoms with E-state index in [0.29, 0.717) is 31.7 Å². The number of hydrogen-bond donors (Lipinski definition) is 1. The molecule has 1 aliphatic heterocycles. The van der Waals surface area contributed by atoms with E-state index in [-0.39, 0.29) is 17.2 Å². The number of nitro benzene ring substituents is 1. The molecule has 0 atom stereocenters. The highest BCUT2D eigenvalue weighted by atomic mass is 16.6. The van der Waals surface area contributed by atoms with Gasteiger partial charge in [-0.25, -0.2) is 0 Å². The molecule has 0 spiro atoms. The van der Waals surface area contributed by atoms with Gasteiger partial charge in [0.05, 0.1) is 23.2 Å². The zero-order chi connectivity index (χ0) is 15.6. The van der Waals surface area contributed by atoms with Crippen molar-refractivity contribution in [1.29, 1.82) is 0 Å². The average molecular weight is 294 g/mol. The molecule has 1 fully saturated rings. The quantitative estimate of drug-likeness (QED) is 0.675.